The molecule has 5 N–H and O–H groups in total. The summed E-state index contributed by atoms with van der Waals surface area (Å²) in [4.78, 5) is 11.8. The molecule has 3 aromatic rings. The summed E-state index contributed by atoms with van der Waals surface area (Å²) in [6.45, 7) is 4.83. The van der Waals surface area contributed by atoms with Gasteiger partial charge in [0.05, 0.1) is 18.8 Å². The van der Waals surface area contributed by atoms with Gasteiger partial charge in [0.1, 0.15) is 39.3 Å². The standard InChI is InChI=1S/C28H32N2O6S/c1-3-9-19-23(12-7-13-24(19)36-25-11-6-5-10-20(25)28(32)33)34-14-8-15-35-26-17-22(31)21(27(37)30-29)16-18(26)4-2/h5-7,10-13,16-17,31H,3-4,8-9,14-15,29H2,1-2H3,(H,30,37)(H,32,33). The number of carbonyl (C=O) groups is 1. The zero-order chi connectivity index (χ0) is 26.8. The Kier molecular flexibility index (Phi) is 10.1. The number of ether oxygens (including phenoxy) is 3. The van der Waals surface area contributed by atoms with Crippen molar-refractivity contribution in [3.63, 3.8) is 0 Å². The number of phenols is 1. The number of aromatic carboxylic acids is 1. The van der Waals surface area contributed by atoms with E-state index in [1.54, 1.807) is 30.3 Å². The predicted octanol–water partition coefficient (Wildman–Crippen LogP) is 5.38. The lowest BCUT2D eigenvalue weighted by atomic mass is 10.1. The van der Waals surface area contributed by atoms with E-state index < -0.39 is 5.97 Å². The van der Waals surface area contributed by atoms with Crippen LogP contribution in [0.4, 0.5) is 0 Å². The van der Waals surface area contributed by atoms with Gasteiger partial charge in [-0.2, -0.15) is 0 Å². The summed E-state index contributed by atoms with van der Waals surface area (Å²) in [5.74, 6) is 6.45. The second-order valence-corrected chi connectivity index (χ2v) is 8.65. The Balaban J connectivity index is 1.65. The highest BCUT2D eigenvalue weighted by Gasteiger charge is 2.16. The van der Waals surface area contributed by atoms with Crippen molar-refractivity contribution in [3.05, 3.63) is 76.9 Å². The van der Waals surface area contributed by atoms with Gasteiger partial charge in [0.25, 0.3) is 0 Å². The van der Waals surface area contributed by atoms with E-state index in [2.05, 4.69) is 12.3 Å². The maximum absolute atomic E-state index is 11.6. The summed E-state index contributed by atoms with van der Waals surface area (Å²) in [7, 11) is 0. The molecule has 0 aliphatic carbocycles. The lowest BCUT2D eigenvalue weighted by Gasteiger charge is -2.17. The van der Waals surface area contributed by atoms with Crippen LogP contribution in [0.5, 0.6) is 28.7 Å². The molecule has 37 heavy (non-hydrogen) atoms. The zero-order valence-corrected chi connectivity index (χ0v) is 21.8. The number of para-hydroxylation sites is 1. The summed E-state index contributed by atoms with van der Waals surface area (Å²) < 4.78 is 18.0. The summed E-state index contributed by atoms with van der Waals surface area (Å²) in [6, 6.07) is 15.4. The Bertz CT molecular complexity index is 1250. The Labute approximate surface area is 222 Å². The fourth-order valence-corrected chi connectivity index (χ4v) is 3.99. The number of thiocarbonyl (C=S) groups is 1. The van der Waals surface area contributed by atoms with Crippen LogP contribution in [0.25, 0.3) is 0 Å². The monoisotopic (exact) mass is 524 g/mol. The summed E-state index contributed by atoms with van der Waals surface area (Å²) in [5, 5.41) is 19.8. The van der Waals surface area contributed by atoms with Crippen LogP contribution in [0.15, 0.2) is 54.6 Å². The molecule has 8 nitrogen and oxygen atoms in total. The number of phenolic OH excluding ortho intramolecular Hbond substituents is 1. The van der Waals surface area contributed by atoms with E-state index >= 15 is 0 Å². The van der Waals surface area contributed by atoms with Gasteiger partial charge in [0.15, 0.2) is 0 Å². The maximum atomic E-state index is 11.6. The Hall–Kier alpha value is -3.82. The SMILES string of the molecule is CCCc1c(OCCCOc2cc(O)c(C(=S)NN)cc2CC)cccc1Oc1ccccc1C(=O)O. The molecular formula is C28H32N2O6S. The predicted molar refractivity (Wildman–Crippen MR) is 146 cm³/mol. The lowest BCUT2D eigenvalue weighted by Crippen LogP contribution is -2.29. The van der Waals surface area contributed by atoms with Crippen LogP contribution in [0.2, 0.25) is 0 Å². The molecule has 9 heteroatoms. The second-order valence-electron chi connectivity index (χ2n) is 8.24. The van der Waals surface area contributed by atoms with Gasteiger partial charge >= 0.3 is 5.97 Å². The number of hydrogen-bond acceptors (Lipinski definition) is 7. The highest BCUT2D eigenvalue weighted by Crippen LogP contribution is 2.35. The molecule has 0 aliphatic heterocycles. The first-order valence-corrected chi connectivity index (χ1v) is 12.5. The molecule has 196 valence electrons. The van der Waals surface area contributed by atoms with Crippen LogP contribution in [-0.2, 0) is 12.8 Å². The number of aryl methyl sites for hydroxylation is 1. The van der Waals surface area contributed by atoms with E-state index in [0.717, 1.165) is 17.5 Å². The van der Waals surface area contributed by atoms with Gasteiger partial charge < -0.3 is 29.8 Å². The number of nitrogens with one attached hydrogen (secondary N) is 1. The van der Waals surface area contributed by atoms with Crippen molar-refractivity contribution in [3.8, 4) is 28.7 Å². The zero-order valence-electron chi connectivity index (χ0n) is 21.0. The maximum Gasteiger partial charge on any atom is 0.339 e. The molecule has 0 fully saturated rings. The molecule has 0 aliphatic rings. The quantitative estimate of drug-likeness (QED) is 0.101. The van der Waals surface area contributed by atoms with Gasteiger partial charge in [0, 0.05) is 18.1 Å². The number of hydrazine groups is 1. The second kappa shape index (κ2) is 13.5. The van der Waals surface area contributed by atoms with Crippen LogP contribution in [0.1, 0.15) is 53.7 Å². The van der Waals surface area contributed by atoms with Gasteiger partial charge in [-0.05, 0) is 48.7 Å². The minimum Gasteiger partial charge on any atom is -0.507 e. The van der Waals surface area contributed by atoms with Crippen molar-refractivity contribution in [2.45, 2.75) is 39.5 Å². The molecule has 0 unspecified atom stereocenters. The van der Waals surface area contributed by atoms with E-state index in [4.69, 9.17) is 32.3 Å². The number of aromatic hydroxyl groups is 1. The summed E-state index contributed by atoms with van der Waals surface area (Å²) >= 11 is 5.13. The molecular weight excluding hydrogens is 492 g/mol. The van der Waals surface area contributed by atoms with E-state index in [0.29, 0.717) is 55.3 Å². The topological polar surface area (TPSA) is 123 Å². The van der Waals surface area contributed by atoms with Crippen LogP contribution < -0.4 is 25.5 Å². The van der Waals surface area contributed by atoms with Crippen molar-refractivity contribution in [2.75, 3.05) is 13.2 Å². The minimum atomic E-state index is -1.05. The molecule has 0 saturated carbocycles. The van der Waals surface area contributed by atoms with E-state index in [9.17, 15) is 15.0 Å². The molecule has 0 amide bonds. The average molecular weight is 525 g/mol. The largest absolute Gasteiger partial charge is 0.507 e. The third-order valence-corrected chi connectivity index (χ3v) is 6.00. The van der Waals surface area contributed by atoms with Crippen molar-refractivity contribution in [1.29, 1.82) is 0 Å². The lowest BCUT2D eigenvalue weighted by molar-refractivity contribution is 0.0694. The van der Waals surface area contributed by atoms with Crippen molar-refractivity contribution >= 4 is 23.2 Å². The molecule has 0 radical (unpaired) electrons. The van der Waals surface area contributed by atoms with Gasteiger partial charge in [-0.25, -0.2) is 10.6 Å². The third kappa shape index (κ3) is 7.12. The van der Waals surface area contributed by atoms with Crippen LogP contribution in [0, 0.1) is 0 Å². The molecule has 0 saturated heterocycles. The van der Waals surface area contributed by atoms with Crippen molar-refractivity contribution < 1.29 is 29.2 Å². The first-order chi connectivity index (χ1) is 17.9. The average Bonchev–Trinajstić information content (AvgIpc) is 2.90. The third-order valence-electron chi connectivity index (χ3n) is 5.67. The number of hydrogen-bond donors (Lipinski definition) is 4. The molecule has 0 heterocycles. The van der Waals surface area contributed by atoms with Crippen molar-refractivity contribution in [1.82, 2.24) is 5.43 Å². The highest BCUT2D eigenvalue weighted by atomic mass is 32.1. The number of carboxylic acids is 1. The molecule has 0 spiro atoms. The van der Waals surface area contributed by atoms with E-state index in [1.807, 2.05) is 25.1 Å². The van der Waals surface area contributed by atoms with Crippen LogP contribution >= 0.6 is 12.2 Å². The fraction of sp³-hybridized carbons (Fsp3) is 0.286. The van der Waals surface area contributed by atoms with E-state index in [-0.39, 0.29) is 22.1 Å². The van der Waals surface area contributed by atoms with Gasteiger partial charge in [-0.15, -0.1) is 0 Å². The Morgan fingerprint density at radius 2 is 1.62 bits per heavy atom. The van der Waals surface area contributed by atoms with Crippen LogP contribution in [0.3, 0.4) is 0 Å². The summed E-state index contributed by atoms with van der Waals surface area (Å²) in [6.07, 6.45) is 2.88. The molecule has 3 aromatic carbocycles. The van der Waals surface area contributed by atoms with E-state index in [1.165, 1.54) is 6.07 Å². The first-order valence-electron chi connectivity index (χ1n) is 12.1. The van der Waals surface area contributed by atoms with Gasteiger partial charge in [0.2, 0.25) is 0 Å². The fourth-order valence-electron chi connectivity index (χ4n) is 3.83. The highest BCUT2D eigenvalue weighted by molar-refractivity contribution is 7.80. The number of carboxylic acid groups (broad SMARTS) is 1. The molecule has 3 rings (SSSR count). The Morgan fingerprint density at radius 3 is 2.30 bits per heavy atom. The molecule has 0 bridgehead atoms. The smallest absolute Gasteiger partial charge is 0.339 e. The first kappa shape index (κ1) is 27.8. The molecule has 0 aromatic heterocycles. The van der Waals surface area contributed by atoms with Crippen LogP contribution in [-0.4, -0.2) is 34.4 Å². The van der Waals surface area contributed by atoms with Gasteiger partial charge in [-0.1, -0.05) is 50.7 Å². The Morgan fingerprint density at radius 1 is 0.946 bits per heavy atom. The summed E-state index contributed by atoms with van der Waals surface area (Å²) in [5.41, 5.74) is 4.73. The minimum absolute atomic E-state index is 0.00288. The van der Waals surface area contributed by atoms with Crippen molar-refractivity contribution in [2.24, 2.45) is 5.84 Å². The normalized spacial score (nSPS) is 10.6. The number of nitrogens with two attached hydrogens (primary N) is 1. The van der Waals surface area contributed by atoms with Gasteiger partial charge in [-0.3, -0.25) is 0 Å². The molecule has 0 atom stereocenters. The number of benzene rings is 3. The number of rotatable bonds is 13.